The molecule has 0 N–H and O–H groups in total. The van der Waals surface area contributed by atoms with Crippen molar-refractivity contribution in [3.05, 3.63) is 42.0 Å². The molecule has 4 rings (SSSR count). The van der Waals surface area contributed by atoms with E-state index in [1.165, 1.54) is 51.5 Å². The number of aryl methyl sites for hydroxylation is 1. The summed E-state index contributed by atoms with van der Waals surface area (Å²) in [5, 5.41) is 0. The second-order valence-corrected chi connectivity index (χ2v) is 11.4. The average Bonchev–Trinajstić information content (AvgIpc) is 3.24. The van der Waals surface area contributed by atoms with Crippen LogP contribution in [-0.2, 0) is 10.0 Å². The number of halogens is 1. The van der Waals surface area contributed by atoms with Crippen molar-refractivity contribution in [2.45, 2.75) is 75.3 Å². The van der Waals surface area contributed by atoms with Crippen molar-refractivity contribution >= 4 is 22.4 Å². The Labute approximate surface area is 189 Å². The summed E-state index contributed by atoms with van der Waals surface area (Å²) in [6, 6.07) is 7.55. The number of likely N-dealkylation sites (N-methyl/N-ethyl adjacent to an activating group) is 1. The van der Waals surface area contributed by atoms with E-state index in [1.54, 1.807) is 23.5 Å². The maximum absolute atomic E-state index is 13.1. The zero-order valence-corrected chi connectivity index (χ0v) is 20.0. The number of benzene rings is 1. The van der Waals surface area contributed by atoms with Crippen LogP contribution < -0.4 is 0 Å². The second kappa shape index (κ2) is 10.2. The van der Waals surface area contributed by atoms with Crippen LogP contribution in [0.3, 0.4) is 0 Å². The summed E-state index contributed by atoms with van der Waals surface area (Å²) in [6.07, 6.45) is 15.0. The molecular formula is C24H37ClN2O2S. The third kappa shape index (κ3) is 5.12. The van der Waals surface area contributed by atoms with E-state index in [2.05, 4.69) is 17.1 Å². The molecule has 1 aliphatic heterocycles. The molecule has 1 saturated heterocycles. The molecule has 30 heavy (non-hydrogen) atoms. The summed E-state index contributed by atoms with van der Waals surface area (Å²) in [5.74, 6) is 1.75. The van der Waals surface area contributed by atoms with Gasteiger partial charge in [-0.15, -0.1) is 12.4 Å². The molecule has 1 aromatic carbocycles. The van der Waals surface area contributed by atoms with Crippen molar-refractivity contribution < 1.29 is 8.42 Å². The third-order valence-electron chi connectivity index (χ3n) is 7.45. The van der Waals surface area contributed by atoms with Gasteiger partial charge in [0, 0.05) is 25.7 Å². The van der Waals surface area contributed by atoms with E-state index in [-0.39, 0.29) is 18.4 Å². The molecule has 1 saturated carbocycles. The van der Waals surface area contributed by atoms with Gasteiger partial charge in [0.1, 0.15) is 0 Å². The lowest BCUT2D eigenvalue weighted by molar-refractivity contribution is 0.0923. The monoisotopic (exact) mass is 452 g/mol. The van der Waals surface area contributed by atoms with E-state index in [4.69, 9.17) is 0 Å². The van der Waals surface area contributed by atoms with Crippen LogP contribution in [0.25, 0.3) is 0 Å². The zero-order chi connectivity index (χ0) is 20.4. The van der Waals surface area contributed by atoms with Crippen LogP contribution in [0.2, 0.25) is 0 Å². The molecule has 168 valence electrons. The molecule has 6 heteroatoms. The Balaban J connectivity index is 0.00000256. The first kappa shape index (κ1) is 23.8. The molecule has 2 aliphatic carbocycles. The Bertz CT molecular complexity index is 835. The van der Waals surface area contributed by atoms with Gasteiger partial charge < -0.3 is 0 Å². The Morgan fingerprint density at radius 1 is 1.00 bits per heavy atom. The molecular weight excluding hydrogens is 416 g/mol. The van der Waals surface area contributed by atoms with Gasteiger partial charge in [0.15, 0.2) is 0 Å². The summed E-state index contributed by atoms with van der Waals surface area (Å²) < 4.78 is 27.8. The average molecular weight is 453 g/mol. The lowest BCUT2D eigenvalue weighted by atomic mass is 9.76. The highest BCUT2D eigenvalue weighted by Gasteiger charge is 2.36. The van der Waals surface area contributed by atoms with Gasteiger partial charge in [-0.05, 0) is 62.3 Å². The molecule has 2 fully saturated rings. The van der Waals surface area contributed by atoms with Gasteiger partial charge in [0.05, 0.1) is 4.90 Å². The van der Waals surface area contributed by atoms with E-state index >= 15 is 0 Å². The fourth-order valence-electron chi connectivity index (χ4n) is 5.65. The Morgan fingerprint density at radius 2 is 1.73 bits per heavy atom. The van der Waals surface area contributed by atoms with Gasteiger partial charge in [-0.1, -0.05) is 56.4 Å². The lowest BCUT2D eigenvalue weighted by Gasteiger charge is -2.41. The second-order valence-electron chi connectivity index (χ2n) is 9.39. The van der Waals surface area contributed by atoms with Crippen molar-refractivity contribution in [3.63, 3.8) is 0 Å². The summed E-state index contributed by atoms with van der Waals surface area (Å²) >= 11 is 0. The highest BCUT2D eigenvalue weighted by atomic mass is 35.5. The highest BCUT2D eigenvalue weighted by Crippen LogP contribution is 2.36. The number of likely N-dealkylation sites (tertiary alicyclic amines) is 1. The first-order chi connectivity index (χ1) is 13.9. The van der Waals surface area contributed by atoms with Gasteiger partial charge in [0.2, 0.25) is 10.0 Å². The number of rotatable bonds is 5. The van der Waals surface area contributed by atoms with Crippen LogP contribution in [-0.4, -0.2) is 49.8 Å². The SMILES string of the molecule is Cc1cccc(S(=O)(=O)N(C)C2C=CC(N3CCCC(C4CCCCC4)C3)C2)c1.Cl. The molecule has 3 aliphatic rings. The normalized spacial score (nSPS) is 28.6. The van der Waals surface area contributed by atoms with Crippen LogP contribution in [0, 0.1) is 18.8 Å². The maximum atomic E-state index is 13.1. The van der Waals surface area contributed by atoms with Crippen molar-refractivity contribution in [1.29, 1.82) is 0 Å². The van der Waals surface area contributed by atoms with Crippen molar-refractivity contribution in [3.8, 4) is 0 Å². The summed E-state index contributed by atoms with van der Waals surface area (Å²) in [5.41, 5.74) is 0.974. The van der Waals surface area contributed by atoms with Crippen LogP contribution in [0.1, 0.15) is 56.9 Å². The molecule has 3 atom stereocenters. The topological polar surface area (TPSA) is 40.6 Å². The van der Waals surface area contributed by atoms with Crippen LogP contribution in [0.15, 0.2) is 41.3 Å². The Morgan fingerprint density at radius 3 is 2.47 bits per heavy atom. The minimum atomic E-state index is -3.46. The van der Waals surface area contributed by atoms with Crippen LogP contribution in [0.5, 0.6) is 0 Å². The molecule has 3 unspecified atom stereocenters. The zero-order valence-electron chi connectivity index (χ0n) is 18.4. The smallest absolute Gasteiger partial charge is 0.243 e. The molecule has 4 nitrogen and oxygen atoms in total. The molecule has 0 radical (unpaired) electrons. The number of piperidine rings is 1. The summed E-state index contributed by atoms with van der Waals surface area (Å²) in [6.45, 7) is 4.28. The molecule has 0 bridgehead atoms. The maximum Gasteiger partial charge on any atom is 0.243 e. The van der Waals surface area contributed by atoms with Gasteiger partial charge in [-0.2, -0.15) is 4.31 Å². The van der Waals surface area contributed by atoms with E-state index < -0.39 is 10.0 Å². The number of nitrogens with zero attached hydrogens (tertiary/aromatic N) is 2. The summed E-state index contributed by atoms with van der Waals surface area (Å²) in [4.78, 5) is 3.03. The fourth-order valence-corrected chi connectivity index (χ4v) is 7.08. The quantitative estimate of drug-likeness (QED) is 0.588. The van der Waals surface area contributed by atoms with E-state index in [1.807, 2.05) is 19.1 Å². The largest absolute Gasteiger partial charge is 0.297 e. The third-order valence-corrected chi connectivity index (χ3v) is 9.33. The molecule has 0 spiro atoms. The van der Waals surface area contributed by atoms with Gasteiger partial charge in [0.25, 0.3) is 0 Å². The molecule has 1 aromatic rings. The van der Waals surface area contributed by atoms with E-state index in [0.29, 0.717) is 10.9 Å². The summed E-state index contributed by atoms with van der Waals surface area (Å²) in [7, 11) is -1.73. The predicted molar refractivity (Wildman–Crippen MR) is 126 cm³/mol. The first-order valence-electron chi connectivity index (χ1n) is 11.4. The van der Waals surface area contributed by atoms with Crippen molar-refractivity contribution in [2.75, 3.05) is 20.1 Å². The Kier molecular flexibility index (Phi) is 8.05. The predicted octanol–water partition coefficient (Wildman–Crippen LogP) is 5.03. The van der Waals surface area contributed by atoms with E-state index in [0.717, 1.165) is 30.4 Å². The molecule has 0 amide bonds. The fraction of sp³-hybridized carbons (Fsp3) is 0.667. The molecule has 1 heterocycles. The van der Waals surface area contributed by atoms with E-state index in [9.17, 15) is 8.42 Å². The van der Waals surface area contributed by atoms with Crippen LogP contribution >= 0.6 is 12.4 Å². The van der Waals surface area contributed by atoms with Gasteiger partial charge in [-0.25, -0.2) is 8.42 Å². The van der Waals surface area contributed by atoms with Gasteiger partial charge >= 0.3 is 0 Å². The number of hydrogen-bond donors (Lipinski definition) is 0. The first-order valence-corrected chi connectivity index (χ1v) is 12.9. The minimum Gasteiger partial charge on any atom is -0.297 e. The standard InChI is InChI=1S/C24H36N2O2S.ClH/c1-19-8-6-12-24(16-19)29(27,28)25(2)22-13-14-23(17-22)26-15-7-11-21(18-26)20-9-4-3-5-10-20;/h6,8,12-14,16,20-23H,3-5,7,9-11,15,17-18H2,1-2H3;1H. The molecule has 0 aromatic heterocycles. The number of sulfonamides is 1. The lowest BCUT2D eigenvalue weighted by Crippen LogP contribution is -2.45. The van der Waals surface area contributed by atoms with Crippen LogP contribution in [0.4, 0.5) is 0 Å². The minimum absolute atomic E-state index is 0. The van der Waals surface area contributed by atoms with Crippen molar-refractivity contribution in [1.82, 2.24) is 9.21 Å². The highest BCUT2D eigenvalue weighted by molar-refractivity contribution is 7.89. The van der Waals surface area contributed by atoms with Gasteiger partial charge in [-0.3, -0.25) is 4.90 Å². The Hall–Kier alpha value is -0.880. The number of hydrogen-bond acceptors (Lipinski definition) is 3. The van der Waals surface area contributed by atoms with Crippen molar-refractivity contribution in [2.24, 2.45) is 11.8 Å².